The van der Waals surface area contributed by atoms with Crippen LogP contribution in [0.3, 0.4) is 0 Å². The summed E-state index contributed by atoms with van der Waals surface area (Å²) in [6.07, 6.45) is 2.22. The zero-order valence-corrected chi connectivity index (χ0v) is 11.0. The highest BCUT2D eigenvalue weighted by Crippen LogP contribution is 2.38. The van der Waals surface area contributed by atoms with Crippen LogP contribution in [0.15, 0.2) is 27.2 Å². The molecule has 1 saturated carbocycles. The number of ether oxygens (including phenoxy) is 1. The average Bonchev–Trinajstić information content (AvgIpc) is 3.10. The molecule has 0 spiro atoms. The van der Waals surface area contributed by atoms with Gasteiger partial charge < -0.3 is 9.26 Å². The molecule has 94 valence electrons. The molecule has 0 saturated heterocycles. The molecule has 4 nitrogen and oxygen atoms in total. The summed E-state index contributed by atoms with van der Waals surface area (Å²) in [6, 6.07) is 4.26. The van der Waals surface area contributed by atoms with Crippen molar-refractivity contribution in [1.29, 1.82) is 0 Å². The Bertz CT molecular complexity index is 569. The monoisotopic (exact) mass is 312 g/mol. The van der Waals surface area contributed by atoms with Crippen molar-refractivity contribution in [3.63, 3.8) is 0 Å². The van der Waals surface area contributed by atoms with Crippen LogP contribution in [0.1, 0.15) is 30.5 Å². The van der Waals surface area contributed by atoms with Crippen LogP contribution in [0.5, 0.6) is 5.75 Å². The molecule has 0 radical (unpaired) electrons. The van der Waals surface area contributed by atoms with E-state index < -0.39 is 0 Å². The highest BCUT2D eigenvalue weighted by atomic mass is 79.9. The van der Waals surface area contributed by atoms with Crippen molar-refractivity contribution in [1.82, 2.24) is 10.1 Å². The molecule has 0 amide bonds. The maximum absolute atomic E-state index is 13.0. The van der Waals surface area contributed by atoms with E-state index in [4.69, 9.17) is 9.26 Å². The Morgan fingerprint density at radius 2 is 2.28 bits per heavy atom. The predicted molar refractivity (Wildman–Crippen MR) is 64.7 cm³/mol. The van der Waals surface area contributed by atoms with Gasteiger partial charge in [-0.2, -0.15) is 4.98 Å². The lowest BCUT2D eigenvalue weighted by Crippen LogP contribution is -1.98. The first-order valence-corrected chi connectivity index (χ1v) is 6.42. The average molecular weight is 313 g/mol. The van der Waals surface area contributed by atoms with Crippen molar-refractivity contribution in [2.75, 3.05) is 0 Å². The topological polar surface area (TPSA) is 48.2 Å². The molecule has 0 atom stereocenters. The number of rotatable bonds is 4. The molecule has 1 aliphatic rings. The third-order valence-corrected chi connectivity index (χ3v) is 3.32. The van der Waals surface area contributed by atoms with Crippen LogP contribution in [0, 0.1) is 5.82 Å². The molecule has 1 fully saturated rings. The van der Waals surface area contributed by atoms with Crippen LogP contribution in [-0.2, 0) is 6.61 Å². The standard InChI is InChI=1S/C12H10BrFN2O2/c13-9-4-3-8(14)5-10(9)17-6-11-15-12(18-16-11)7-1-2-7/h3-5,7H,1-2,6H2. The molecule has 0 unspecified atom stereocenters. The van der Waals surface area contributed by atoms with Crippen LogP contribution in [0.25, 0.3) is 0 Å². The lowest BCUT2D eigenvalue weighted by Gasteiger charge is -2.05. The highest BCUT2D eigenvalue weighted by molar-refractivity contribution is 9.10. The summed E-state index contributed by atoms with van der Waals surface area (Å²) in [7, 11) is 0. The zero-order valence-electron chi connectivity index (χ0n) is 9.40. The summed E-state index contributed by atoms with van der Waals surface area (Å²) in [6.45, 7) is 0.165. The van der Waals surface area contributed by atoms with Crippen LogP contribution in [0.4, 0.5) is 4.39 Å². The summed E-state index contributed by atoms with van der Waals surface area (Å²) < 4.78 is 24.3. The Kier molecular flexibility index (Phi) is 3.03. The SMILES string of the molecule is Fc1ccc(Br)c(OCc2noc(C3CC3)n2)c1. The smallest absolute Gasteiger partial charge is 0.229 e. The van der Waals surface area contributed by atoms with Crippen molar-refractivity contribution in [3.8, 4) is 5.75 Å². The quantitative estimate of drug-likeness (QED) is 0.868. The first-order valence-electron chi connectivity index (χ1n) is 5.63. The van der Waals surface area contributed by atoms with Crippen LogP contribution in [-0.4, -0.2) is 10.1 Å². The molecule has 1 aromatic heterocycles. The maximum atomic E-state index is 13.0. The van der Waals surface area contributed by atoms with Gasteiger partial charge in [0, 0.05) is 12.0 Å². The van der Waals surface area contributed by atoms with Gasteiger partial charge in [-0.3, -0.25) is 0 Å². The van der Waals surface area contributed by atoms with E-state index in [0.29, 0.717) is 27.9 Å². The Balaban J connectivity index is 1.67. The van der Waals surface area contributed by atoms with Crippen molar-refractivity contribution in [2.45, 2.75) is 25.4 Å². The van der Waals surface area contributed by atoms with Gasteiger partial charge in [0.05, 0.1) is 4.47 Å². The Morgan fingerprint density at radius 1 is 1.44 bits per heavy atom. The molecule has 18 heavy (non-hydrogen) atoms. The van der Waals surface area contributed by atoms with E-state index >= 15 is 0 Å². The Labute approximate surface area is 111 Å². The van der Waals surface area contributed by atoms with Crippen molar-refractivity contribution < 1.29 is 13.7 Å². The van der Waals surface area contributed by atoms with E-state index in [1.165, 1.54) is 12.1 Å². The largest absolute Gasteiger partial charge is 0.484 e. The number of halogens is 2. The van der Waals surface area contributed by atoms with Crippen LogP contribution < -0.4 is 4.74 Å². The zero-order chi connectivity index (χ0) is 12.5. The van der Waals surface area contributed by atoms with Crippen LogP contribution >= 0.6 is 15.9 Å². The predicted octanol–water partition coefficient (Wildman–Crippen LogP) is 3.43. The minimum absolute atomic E-state index is 0.165. The summed E-state index contributed by atoms with van der Waals surface area (Å²) >= 11 is 3.29. The highest BCUT2D eigenvalue weighted by Gasteiger charge is 2.29. The minimum atomic E-state index is -0.347. The summed E-state index contributed by atoms with van der Waals surface area (Å²) in [5, 5.41) is 3.82. The molecule has 2 aromatic rings. The Morgan fingerprint density at radius 3 is 3.06 bits per heavy atom. The normalized spacial score (nSPS) is 14.8. The molecule has 3 rings (SSSR count). The van der Waals surface area contributed by atoms with Crippen molar-refractivity contribution in [3.05, 3.63) is 40.2 Å². The van der Waals surface area contributed by atoms with Gasteiger partial charge in [0.15, 0.2) is 6.61 Å². The van der Waals surface area contributed by atoms with Crippen LogP contribution in [0.2, 0.25) is 0 Å². The van der Waals surface area contributed by atoms with Gasteiger partial charge in [0.2, 0.25) is 11.7 Å². The number of nitrogens with zero attached hydrogens (tertiary/aromatic N) is 2. The van der Waals surface area contributed by atoms with Gasteiger partial charge >= 0.3 is 0 Å². The number of benzene rings is 1. The molecule has 1 aliphatic carbocycles. The number of hydrogen-bond acceptors (Lipinski definition) is 4. The molecule has 1 heterocycles. The van der Waals surface area contributed by atoms with Gasteiger partial charge in [-0.1, -0.05) is 5.16 Å². The molecule has 0 aliphatic heterocycles. The molecule has 0 N–H and O–H groups in total. The first kappa shape index (κ1) is 11.6. The second-order valence-electron chi connectivity index (χ2n) is 4.19. The third-order valence-electron chi connectivity index (χ3n) is 2.66. The lowest BCUT2D eigenvalue weighted by molar-refractivity contribution is 0.282. The molecular weight excluding hydrogens is 303 g/mol. The van der Waals surface area contributed by atoms with Crippen molar-refractivity contribution in [2.24, 2.45) is 0 Å². The fraction of sp³-hybridized carbons (Fsp3) is 0.333. The molecule has 1 aromatic carbocycles. The molecular formula is C12H10BrFN2O2. The fourth-order valence-electron chi connectivity index (χ4n) is 1.55. The van der Waals surface area contributed by atoms with E-state index in [-0.39, 0.29) is 12.4 Å². The fourth-order valence-corrected chi connectivity index (χ4v) is 1.91. The van der Waals surface area contributed by atoms with Gasteiger partial charge in [-0.15, -0.1) is 0 Å². The minimum Gasteiger partial charge on any atom is -0.484 e. The first-order chi connectivity index (χ1) is 8.72. The lowest BCUT2D eigenvalue weighted by atomic mass is 10.3. The van der Waals surface area contributed by atoms with Gasteiger partial charge in [-0.05, 0) is 40.9 Å². The number of aromatic nitrogens is 2. The maximum Gasteiger partial charge on any atom is 0.229 e. The van der Waals surface area contributed by atoms with E-state index in [1.807, 2.05) is 0 Å². The Hall–Kier alpha value is -1.43. The van der Waals surface area contributed by atoms with E-state index in [0.717, 1.165) is 12.8 Å². The summed E-state index contributed by atoms with van der Waals surface area (Å²) in [4.78, 5) is 4.23. The van der Waals surface area contributed by atoms with Crippen molar-refractivity contribution >= 4 is 15.9 Å². The summed E-state index contributed by atoms with van der Waals surface area (Å²) in [5.74, 6) is 1.65. The van der Waals surface area contributed by atoms with E-state index in [9.17, 15) is 4.39 Å². The van der Waals surface area contributed by atoms with Gasteiger partial charge in [0.25, 0.3) is 0 Å². The second-order valence-corrected chi connectivity index (χ2v) is 5.04. The second kappa shape index (κ2) is 4.68. The van der Waals surface area contributed by atoms with Gasteiger partial charge in [0.1, 0.15) is 11.6 Å². The van der Waals surface area contributed by atoms with E-state index in [1.54, 1.807) is 6.07 Å². The molecule has 6 heteroatoms. The molecule has 0 bridgehead atoms. The van der Waals surface area contributed by atoms with Gasteiger partial charge in [-0.25, -0.2) is 4.39 Å². The summed E-state index contributed by atoms with van der Waals surface area (Å²) in [5.41, 5.74) is 0. The number of hydrogen-bond donors (Lipinski definition) is 0. The van der Waals surface area contributed by atoms with E-state index in [2.05, 4.69) is 26.1 Å². The third kappa shape index (κ3) is 2.53.